The minimum Gasteiger partial charge on any atom is -0.427 e. The smallest absolute Gasteiger partial charge is 0.391 e. The zero-order chi connectivity index (χ0) is 11.7. The van der Waals surface area contributed by atoms with Crippen molar-refractivity contribution in [3.63, 3.8) is 0 Å². The fourth-order valence-electron chi connectivity index (χ4n) is 1.43. The lowest BCUT2D eigenvalue weighted by Crippen LogP contribution is -2.31. The maximum atomic E-state index is 8.72. The van der Waals surface area contributed by atoms with Gasteiger partial charge in [0.05, 0.1) is 0 Å². The minimum absolute atomic E-state index is 0.0908. The molecule has 0 aromatic heterocycles. The van der Waals surface area contributed by atoms with Gasteiger partial charge in [0.1, 0.15) is 5.76 Å². The zero-order valence-corrected chi connectivity index (χ0v) is 10.6. The molecule has 0 radical (unpaired) electrons. The van der Waals surface area contributed by atoms with Crippen molar-refractivity contribution in [3.05, 3.63) is 24.0 Å². The maximum absolute atomic E-state index is 8.72. The van der Waals surface area contributed by atoms with Crippen molar-refractivity contribution >= 4 is 8.60 Å². The van der Waals surface area contributed by atoms with Crippen molar-refractivity contribution in [3.8, 4) is 0 Å². The molecule has 1 unspecified atom stereocenters. The van der Waals surface area contributed by atoms with Gasteiger partial charge in [0.25, 0.3) is 0 Å². The molecule has 0 spiro atoms. The molecule has 0 aromatic rings. The Balaban J connectivity index is 2.71. The maximum Gasteiger partial charge on any atom is 0.391 e. The Morgan fingerprint density at radius 2 is 2.00 bits per heavy atom. The number of allylic oxidation sites excluding steroid dienone is 3. The molecule has 0 aromatic carbocycles. The molecule has 3 nitrogen and oxygen atoms in total. The van der Waals surface area contributed by atoms with Gasteiger partial charge in [0.2, 0.25) is 0 Å². The average Bonchev–Trinajstić information content (AvgIpc) is 2.06. The van der Waals surface area contributed by atoms with E-state index in [9.17, 15) is 0 Å². The van der Waals surface area contributed by atoms with Gasteiger partial charge in [-0.15, -0.1) is 0 Å². The zero-order valence-electron chi connectivity index (χ0n) is 9.69. The van der Waals surface area contributed by atoms with E-state index in [2.05, 4.69) is 33.8 Å². The third-order valence-electron chi connectivity index (χ3n) is 3.24. The molecular weight excluding hydrogens is 211 g/mol. The molecule has 0 heterocycles. The number of hydrogen-bond donors (Lipinski definition) is 2. The Morgan fingerprint density at radius 3 is 2.33 bits per heavy atom. The molecule has 1 rings (SSSR count). The predicted molar refractivity (Wildman–Crippen MR) is 61.8 cm³/mol. The van der Waals surface area contributed by atoms with Crippen molar-refractivity contribution in [2.24, 2.45) is 10.8 Å². The Hall–Kier alpha value is -0.370. The van der Waals surface area contributed by atoms with E-state index in [0.717, 1.165) is 6.42 Å². The van der Waals surface area contributed by atoms with E-state index in [1.807, 2.05) is 12.2 Å². The highest BCUT2D eigenvalue weighted by Crippen LogP contribution is 2.46. The molecule has 4 heteroatoms. The molecule has 15 heavy (non-hydrogen) atoms. The predicted octanol–water partition coefficient (Wildman–Crippen LogP) is 3.11. The van der Waals surface area contributed by atoms with Gasteiger partial charge in [-0.3, -0.25) is 0 Å². The second-order valence-electron chi connectivity index (χ2n) is 5.16. The molecule has 1 aliphatic carbocycles. The molecular formula is C11H19O3P. The molecule has 0 fully saturated rings. The first-order valence-electron chi connectivity index (χ1n) is 5.00. The molecule has 1 atom stereocenters. The van der Waals surface area contributed by atoms with Crippen LogP contribution in [0.3, 0.4) is 0 Å². The lowest BCUT2D eigenvalue weighted by molar-refractivity contribution is 0.166. The number of hydrogen-bond acceptors (Lipinski definition) is 3. The largest absolute Gasteiger partial charge is 0.427 e. The van der Waals surface area contributed by atoms with Gasteiger partial charge in [-0.1, -0.05) is 33.8 Å². The van der Waals surface area contributed by atoms with E-state index in [1.165, 1.54) is 0 Å². The standard InChI is InChI=1S/C11H19O3P/c1-10(2,3)11(4)7-5-9(6-8-11)14-15(12)13/h5-7,12-13H,8H2,1-4H3. The van der Waals surface area contributed by atoms with Crippen molar-refractivity contribution in [2.45, 2.75) is 34.1 Å². The van der Waals surface area contributed by atoms with Gasteiger partial charge >= 0.3 is 8.60 Å². The molecule has 1 aliphatic rings. The van der Waals surface area contributed by atoms with Crippen LogP contribution in [-0.2, 0) is 4.52 Å². The van der Waals surface area contributed by atoms with Crippen LogP contribution in [0.15, 0.2) is 24.0 Å². The van der Waals surface area contributed by atoms with Crippen molar-refractivity contribution in [1.29, 1.82) is 0 Å². The summed E-state index contributed by atoms with van der Waals surface area (Å²) in [6.07, 6.45) is 6.66. The Labute approximate surface area is 92.5 Å². The molecule has 0 bridgehead atoms. The second kappa shape index (κ2) is 4.25. The van der Waals surface area contributed by atoms with Crippen molar-refractivity contribution in [2.75, 3.05) is 0 Å². The van der Waals surface area contributed by atoms with Gasteiger partial charge in [0.15, 0.2) is 0 Å². The fourth-order valence-corrected chi connectivity index (χ4v) is 1.76. The van der Waals surface area contributed by atoms with Crippen LogP contribution < -0.4 is 0 Å². The van der Waals surface area contributed by atoms with E-state index in [4.69, 9.17) is 14.3 Å². The van der Waals surface area contributed by atoms with Crippen molar-refractivity contribution < 1.29 is 14.3 Å². The van der Waals surface area contributed by atoms with Gasteiger partial charge in [-0.05, 0) is 29.4 Å². The van der Waals surface area contributed by atoms with Crippen molar-refractivity contribution in [1.82, 2.24) is 0 Å². The quantitative estimate of drug-likeness (QED) is 0.716. The highest BCUT2D eigenvalue weighted by Gasteiger charge is 2.35. The number of rotatable bonds is 2. The molecule has 0 amide bonds. The third-order valence-corrected chi connectivity index (χ3v) is 3.62. The van der Waals surface area contributed by atoms with Gasteiger partial charge in [-0.2, -0.15) is 0 Å². The monoisotopic (exact) mass is 230 g/mol. The summed E-state index contributed by atoms with van der Waals surface area (Å²) in [5.74, 6) is 0.549. The van der Waals surface area contributed by atoms with Crippen LogP contribution in [0.2, 0.25) is 0 Å². The van der Waals surface area contributed by atoms with Crippen LogP contribution in [0.1, 0.15) is 34.1 Å². The summed E-state index contributed by atoms with van der Waals surface area (Å²) in [7, 11) is -2.30. The van der Waals surface area contributed by atoms with E-state index >= 15 is 0 Å². The molecule has 86 valence electrons. The molecule has 2 N–H and O–H groups in total. The summed E-state index contributed by atoms with van der Waals surface area (Å²) < 4.78 is 4.85. The van der Waals surface area contributed by atoms with Crippen LogP contribution in [0, 0.1) is 10.8 Å². The van der Waals surface area contributed by atoms with Crippen LogP contribution in [0.5, 0.6) is 0 Å². The Morgan fingerprint density at radius 1 is 1.40 bits per heavy atom. The van der Waals surface area contributed by atoms with E-state index in [-0.39, 0.29) is 10.8 Å². The van der Waals surface area contributed by atoms with Crippen LogP contribution >= 0.6 is 8.60 Å². The van der Waals surface area contributed by atoms with E-state index in [0.29, 0.717) is 5.76 Å². The molecule has 0 saturated heterocycles. The summed E-state index contributed by atoms with van der Waals surface area (Å²) in [5.41, 5.74) is 0.266. The summed E-state index contributed by atoms with van der Waals surface area (Å²) in [5, 5.41) is 0. The van der Waals surface area contributed by atoms with Gasteiger partial charge < -0.3 is 14.3 Å². The van der Waals surface area contributed by atoms with Gasteiger partial charge in [-0.25, -0.2) is 0 Å². The summed E-state index contributed by atoms with van der Waals surface area (Å²) >= 11 is 0. The van der Waals surface area contributed by atoms with E-state index < -0.39 is 8.60 Å². The lowest BCUT2D eigenvalue weighted by Gasteiger charge is -2.40. The highest BCUT2D eigenvalue weighted by atomic mass is 31.2. The Bertz CT molecular complexity index is 289. The Kier molecular flexibility index (Phi) is 3.59. The first-order chi connectivity index (χ1) is 6.74. The highest BCUT2D eigenvalue weighted by molar-refractivity contribution is 7.39. The minimum atomic E-state index is -2.30. The van der Waals surface area contributed by atoms with Crippen LogP contribution in [0.25, 0.3) is 0 Å². The van der Waals surface area contributed by atoms with Gasteiger partial charge in [0, 0.05) is 0 Å². The first-order valence-corrected chi connectivity index (χ1v) is 6.16. The third kappa shape index (κ3) is 3.04. The first kappa shape index (κ1) is 12.7. The average molecular weight is 230 g/mol. The topological polar surface area (TPSA) is 49.7 Å². The second-order valence-corrected chi connectivity index (χ2v) is 5.84. The summed E-state index contributed by atoms with van der Waals surface area (Å²) in [6.45, 7) is 8.78. The van der Waals surface area contributed by atoms with Crippen LogP contribution in [0.4, 0.5) is 0 Å². The fraction of sp³-hybridized carbons (Fsp3) is 0.636. The molecule has 0 saturated carbocycles. The molecule has 0 aliphatic heterocycles. The summed E-state index contributed by atoms with van der Waals surface area (Å²) in [4.78, 5) is 17.4. The summed E-state index contributed by atoms with van der Waals surface area (Å²) in [6, 6.07) is 0. The van der Waals surface area contributed by atoms with Crippen LogP contribution in [-0.4, -0.2) is 9.79 Å². The normalized spacial score (nSPS) is 26.7. The van der Waals surface area contributed by atoms with E-state index in [1.54, 1.807) is 0 Å². The lowest BCUT2D eigenvalue weighted by atomic mass is 9.65. The SMILES string of the molecule is CC(C)(C)C1(C)C=CC(OP(O)O)=CC1.